The summed E-state index contributed by atoms with van der Waals surface area (Å²) in [5, 5.41) is 15.7. The normalized spacial score (nSPS) is 11.9. The molecule has 1 heterocycles. The van der Waals surface area contributed by atoms with Gasteiger partial charge in [0.25, 0.3) is 0 Å². The predicted molar refractivity (Wildman–Crippen MR) is 76.8 cm³/mol. The van der Waals surface area contributed by atoms with E-state index in [2.05, 4.69) is 10.6 Å². The van der Waals surface area contributed by atoms with Crippen LogP contribution in [0.3, 0.4) is 0 Å². The molecule has 0 bridgehead atoms. The van der Waals surface area contributed by atoms with Gasteiger partial charge in [-0.15, -0.1) is 0 Å². The number of urea groups is 1. The molecule has 6 heteroatoms. The molecule has 2 rings (SSSR count). The number of amides is 2. The van der Waals surface area contributed by atoms with Gasteiger partial charge in [-0.25, -0.2) is 4.79 Å². The number of carbonyl (C=O) groups excluding carboxylic acids is 1. The molecule has 0 saturated heterocycles. The van der Waals surface area contributed by atoms with Crippen molar-refractivity contribution in [3.8, 4) is 0 Å². The van der Waals surface area contributed by atoms with Crippen LogP contribution >= 0.6 is 11.6 Å². The summed E-state index contributed by atoms with van der Waals surface area (Å²) in [6, 6.07) is 9.87. The van der Waals surface area contributed by atoms with Crippen molar-refractivity contribution in [1.82, 2.24) is 5.32 Å². The van der Waals surface area contributed by atoms with Gasteiger partial charge in [0.1, 0.15) is 11.9 Å². The molecule has 1 aromatic heterocycles. The van der Waals surface area contributed by atoms with Gasteiger partial charge in [0, 0.05) is 17.3 Å². The minimum absolute atomic E-state index is 0.334. The molecular formula is C14H15ClN2O3. The Morgan fingerprint density at radius 1 is 1.30 bits per heavy atom. The number of aliphatic hydroxyl groups excluding tert-OH is 1. The third-order valence-electron chi connectivity index (χ3n) is 2.68. The SMILES string of the molecule is O=C(NCCC(O)c1ccco1)Nc1ccc(Cl)cc1. The number of nitrogens with one attached hydrogen (secondary N) is 2. The van der Waals surface area contributed by atoms with Crippen LogP contribution in [0.15, 0.2) is 47.1 Å². The number of halogens is 1. The van der Waals surface area contributed by atoms with Crippen molar-refractivity contribution in [2.45, 2.75) is 12.5 Å². The second-order valence-electron chi connectivity index (χ2n) is 4.21. The highest BCUT2D eigenvalue weighted by Crippen LogP contribution is 2.16. The fourth-order valence-electron chi connectivity index (χ4n) is 1.65. The second-order valence-corrected chi connectivity index (χ2v) is 4.64. The molecule has 1 aromatic carbocycles. The molecule has 0 spiro atoms. The zero-order valence-electron chi connectivity index (χ0n) is 10.7. The summed E-state index contributed by atoms with van der Waals surface area (Å²) in [5.41, 5.74) is 0.651. The summed E-state index contributed by atoms with van der Waals surface area (Å²) in [5.74, 6) is 0.491. The summed E-state index contributed by atoms with van der Waals surface area (Å²) < 4.78 is 5.07. The summed E-state index contributed by atoms with van der Waals surface area (Å²) in [6.07, 6.45) is 1.15. The van der Waals surface area contributed by atoms with Gasteiger partial charge in [0.2, 0.25) is 0 Å². The smallest absolute Gasteiger partial charge is 0.319 e. The maximum absolute atomic E-state index is 11.6. The van der Waals surface area contributed by atoms with Crippen molar-refractivity contribution < 1.29 is 14.3 Å². The maximum Gasteiger partial charge on any atom is 0.319 e. The lowest BCUT2D eigenvalue weighted by atomic mass is 10.2. The lowest BCUT2D eigenvalue weighted by Gasteiger charge is -2.10. The first-order chi connectivity index (χ1) is 9.65. The molecule has 20 heavy (non-hydrogen) atoms. The Morgan fingerprint density at radius 3 is 2.70 bits per heavy atom. The number of anilines is 1. The van der Waals surface area contributed by atoms with Crippen molar-refractivity contribution in [2.24, 2.45) is 0 Å². The Kier molecular flexibility index (Phi) is 5.03. The Bertz CT molecular complexity index is 540. The van der Waals surface area contributed by atoms with E-state index in [1.165, 1.54) is 6.26 Å². The molecule has 2 amide bonds. The molecule has 3 N–H and O–H groups in total. The summed E-state index contributed by atoms with van der Waals surface area (Å²) >= 11 is 5.75. The zero-order chi connectivity index (χ0) is 14.4. The minimum atomic E-state index is -0.721. The van der Waals surface area contributed by atoms with Crippen LogP contribution in [0.2, 0.25) is 5.02 Å². The highest BCUT2D eigenvalue weighted by Gasteiger charge is 2.10. The van der Waals surface area contributed by atoms with Gasteiger partial charge < -0.3 is 20.2 Å². The van der Waals surface area contributed by atoms with Crippen molar-refractivity contribution >= 4 is 23.3 Å². The van der Waals surface area contributed by atoms with E-state index < -0.39 is 6.10 Å². The zero-order valence-corrected chi connectivity index (χ0v) is 11.4. The van der Waals surface area contributed by atoms with E-state index in [4.69, 9.17) is 16.0 Å². The van der Waals surface area contributed by atoms with Gasteiger partial charge in [-0.3, -0.25) is 0 Å². The van der Waals surface area contributed by atoms with Crippen LogP contribution in [0, 0.1) is 0 Å². The van der Waals surface area contributed by atoms with Crippen molar-refractivity contribution in [3.63, 3.8) is 0 Å². The topological polar surface area (TPSA) is 74.5 Å². The quantitative estimate of drug-likeness (QED) is 0.793. The van der Waals surface area contributed by atoms with Gasteiger partial charge in [-0.2, -0.15) is 0 Å². The van der Waals surface area contributed by atoms with E-state index >= 15 is 0 Å². The van der Waals surface area contributed by atoms with E-state index in [1.54, 1.807) is 36.4 Å². The molecule has 5 nitrogen and oxygen atoms in total. The van der Waals surface area contributed by atoms with Gasteiger partial charge >= 0.3 is 6.03 Å². The van der Waals surface area contributed by atoms with Crippen LogP contribution < -0.4 is 10.6 Å². The van der Waals surface area contributed by atoms with Crippen LogP contribution in [-0.2, 0) is 0 Å². The number of hydrogen-bond acceptors (Lipinski definition) is 3. The predicted octanol–water partition coefficient (Wildman–Crippen LogP) is 3.18. The number of hydrogen-bond donors (Lipinski definition) is 3. The molecule has 1 unspecified atom stereocenters. The Balaban J connectivity index is 1.71. The van der Waals surface area contributed by atoms with Gasteiger partial charge in [-0.1, -0.05) is 11.6 Å². The molecule has 0 fully saturated rings. The number of rotatable bonds is 5. The van der Waals surface area contributed by atoms with Gasteiger partial charge in [0.15, 0.2) is 0 Å². The number of carbonyl (C=O) groups is 1. The second kappa shape index (κ2) is 6.98. The van der Waals surface area contributed by atoms with Crippen LogP contribution in [0.5, 0.6) is 0 Å². The highest BCUT2D eigenvalue weighted by molar-refractivity contribution is 6.30. The van der Waals surface area contributed by atoms with E-state index in [0.29, 0.717) is 29.4 Å². The lowest BCUT2D eigenvalue weighted by Crippen LogP contribution is -2.30. The van der Waals surface area contributed by atoms with Gasteiger partial charge in [-0.05, 0) is 42.8 Å². The van der Waals surface area contributed by atoms with E-state index in [-0.39, 0.29) is 6.03 Å². The van der Waals surface area contributed by atoms with Crippen molar-refractivity contribution in [3.05, 3.63) is 53.4 Å². The monoisotopic (exact) mass is 294 g/mol. The van der Waals surface area contributed by atoms with Crippen LogP contribution in [-0.4, -0.2) is 17.7 Å². The first-order valence-corrected chi connectivity index (χ1v) is 6.55. The fourth-order valence-corrected chi connectivity index (χ4v) is 1.78. The number of furan rings is 1. The lowest BCUT2D eigenvalue weighted by molar-refractivity contribution is 0.140. The van der Waals surface area contributed by atoms with E-state index in [0.717, 1.165) is 0 Å². The summed E-state index contributed by atoms with van der Waals surface area (Å²) in [4.78, 5) is 11.6. The minimum Gasteiger partial charge on any atom is -0.467 e. The molecule has 0 aliphatic carbocycles. The molecule has 0 saturated carbocycles. The molecular weight excluding hydrogens is 280 g/mol. The van der Waals surface area contributed by atoms with E-state index in [1.807, 2.05) is 0 Å². The summed E-state index contributed by atoms with van der Waals surface area (Å²) in [6.45, 7) is 0.335. The molecule has 0 aliphatic rings. The van der Waals surface area contributed by atoms with E-state index in [9.17, 15) is 9.90 Å². The van der Waals surface area contributed by atoms with Crippen molar-refractivity contribution in [1.29, 1.82) is 0 Å². The maximum atomic E-state index is 11.6. The molecule has 2 aromatic rings. The highest BCUT2D eigenvalue weighted by atomic mass is 35.5. The van der Waals surface area contributed by atoms with Crippen molar-refractivity contribution in [2.75, 3.05) is 11.9 Å². The van der Waals surface area contributed by atoms with Crippen LogP contribution in [0.25, 0.3) is 0 Å². The Morgan fingerprint density at radius 2 is 2.05 bits per heavy atom. The van der Waals surface area contributed by atoms with Crippen LogP contribution in [0.4, 0.5) is 10.5 Å². The number of aliphatic hydroxyl groups is 1. The average Bonchev–Trinajstić information content (AvgIpc) is 2.95. The molecule has 0 aliphatic heterocycles. The number of benzene rings is 1. The average molecular weight is 295 g/mol. The Hall–Kier alpha value is -1.98. The standard InChI is InChI=1S/C14H15ClN2O3/c15-10-3-5-11(6-4-10)17-14(19)16-8-7-12(18)13-2-1-9-20-13/h1-6,9,12,18H,7-8H2,(H2,16,17,19). The summed E-state index contributed by atoms with van der Waals surface area (Å²) in [7, 11) is 0. The fraction of sp³-hybridized carbons (Fsp3) is 0.214. The Labute approximate surface area is 121 Å². The first-order valence-electron chi connectivity index (χ1n) is 6.17. The van der Waals surface area contributed by atoms with Gasteiger partial charge in [0.05, 0.1) is 6.26 Å². The third-order valence-corrected chi connectivity index (χ3v) is 2.93. The first kappa shape index (κ1) is 14.4. The third kappa shape index (κ3) is 4.29. The molecule has 1 atom stereocenters. The molecule has 0 radical (unpaired) electrons. The molecule has 106 valence electrons. The van der Waals surface area contributed by atoms with Crippen LogP contribution in [0.1, 0.15) is 18.3 Å². The largest absolute Gasteiger partial charge is 0.467 e.